The van der Waals surface area contributed by atoms with Crippen molar-refractivity contribution in [3.63, 3.8) is 0 Å². The van der Waals surface area contributed by atoms with Crippen molar-refractivity contribution >= 4 is 23.2 Å². The number of carbonyl (C=O) groups is 2. The quantitative estimate of drug-likeness (QED) is 0.680. The van der Waals surface area contributed by atoms with Crippen molar-refractivity contribution < 1.29 is 14.7 Å². The van der Waals surface area contributed by atoms with Crippen molar-refractivity contribution in [3.8, 4) is 0 Å². The van der Waals surface area contributed by atoms with Gasteiger partial charge in [0.05, 0.1) is 12.2 Å². The number of carboxylic acids is 1. The first-order valence-electron chi connectivity index (χ1n) is 5.59. The lowest BCUT2D eigenvalue weighted by molar-refractivity contribution is -0.137. The highest BCUT2D eigenvalue weighted by atomic mass is 16.4. The second-order valence-corrected chi connectivity index (χ2v) is 3.92. The zero-order chi connectivity index (χ0) is 13.8. The SMILES string of the molecule is Cc1cc2c(NCC(=O)NCC(=O)O)nccn2n1. The maximum atomic E-state index is 11.4. The highest BCUT2D eigenvalue weighted by Gasteiger charge is 2.07. The van der Waals surface area contributed by atoms with Gasteiger partial charge in [-0.3, -0.25) is 9.59 Å². The molecule has 0 aliphatic carbocycles. The van der Waals surface area contributed by atoms with E-state index in [1.165, 1.54) is 0 Å². The van der Waals surface area contributed by atoms with Crippen LogP contribution in [-0.2, 0) is 9.59 Å². The first-order chi connectivity index (χ1) is 9.06. The van der Waals surface area contributed by atoms with Crippen molar-refractivity contribution in [2.24, 2.45) is 0 Å². The summed E-state index contributed by atoms with van der Waals surface area (Å²) in [6.45, 7) is 1.41. The Kier molecular flexibility index (Phi) is 3.60. The van der Waals surface area contributed by atoms with Gasteiger partial charge in [-0.1, -0.05) is 0 Å². The average molecular weight is 263 g/mol. The lowest BCUT2D eigenvalue weighted by atomic mass is 10.4. The molecule has 0 saturated heterocycles. The molecule has 100 valence electrons. The van der Waals surface area contributed by atoms with E-state index in [4.69, 9.17) is 5.11 Å². The number of nitrogens with one attached hydrogen (secondary N) is 2. The van der Waals surface area contributed by atoms with Crippen molar-refractivity contribution in [1.82, 2.24) is 19.9 Å². The van der Waals surface area contributed by atoms with E-state index in [9.17, 15) is 9.59 Å². The Morgan fingerprint density at radius 1 is 1.42 bits per heavy atom. The van der Waals surface area contributed by atoms with Crippen molar-refractivity contribution in [2.45, 2.75) is 6.92 Å². The lowest BCUT2D eigenvalue weighted by Crippen LogP contribution is -2.34. The largest absolute Gasteiger partial charge is 0.480 e. The number of aromatic nitrogens is 3. The number of carbonyl (C=O) groups excluding carboxylic acids is 1. The summed E-state index contributed by atoms with van der Waals surface area (Å²) < 4.78 is 1.65. The predicted molar refractivity (Wildman–Crippen MR) is 66.9 cm³/mol. The molecule has 0 aliphatic rings. The molecule has 8 nitrogen and oxygen atoms in total. The van der Waals surface area contributed by atoms with E-state index >= 15 is 0 Å². The molecule has 0 bridgehead atoms. The first kappa shape index (κ1) is 12.8. The molecule has 0 unspecified atom stereocenters. The van der Waals surface area contributed by atoms with E-state index in [1.54, 1.807) is 16.9 Å². The zero-order valence-corrected chi connectivity index (χ0v) is 10.3. The summed E-state index contributed by atoms with van der Waals surface area (Å²) in [6.07, 6.45) is 3.27. The number of nitrogens with zero attached hydrogens (tertiary/aromatic N) is 3. The Bertz CT molecular complexity index is 622. The molecule has 0 aromatic carbocycles. The van der Waals surface area contributed by atoms with Gasteiger partial charge in [-0.2, -0.15) is 5.10 Å². The number of fused-ring (bicyclic) bond motifs is 1. The molecular weight excluding hydrogens is 250 g/mol. The summed E-state index contributed by atoms with van der Waals surface area (Å²) in [6, 6.07) is 1.84. The predicted octanol–water partition coefficient (Wildman–Crippen LogP) is -0.350. The minimum absolute atomic E-state index is 0.0514. The third-order valence-electron chi connectivity index (χ3n) is 2.37. The summed E-state index contributed by atoms with van der Waals surface area (Å²) in [5, 5.41) is 17.8. The van der Waals surface area contributed by atoms with Crippen LogP contribution in [0.5, 0.6) is 0 Å². The van der Waals surface area contributed by atoms with E-state index in [1.807, 2.05) is 13.0 Å². The van der Waals surface area contributed by atoms with Crippen molar-refractivity contribution in [1.29, 1.82) is 0 Å². The number of aryl methyl sites for hydroxylation is 1. The highest BCUT2D eigenvalue weighted by molar-refractivity contribution is 5.85. The van der Waals surface area contributed by atoms with Gasteiger partial charge in [0.15, 0.2) is 5.82 Å². The van der Waals surface area contributed by atoms with Crippen LogP contribution in [0.2, 0.25) is 0 Å². The van der Waals surface area contributed by atoms with E-state index in [0.29, 0.717) is 5.82 Å². The van der Waals surface area contributed by atoms with E-state index < -0.39 is 18.4 Å². The van der Waals surface area contributed by atoms with Crippen LogP contribution in [0, 0.1) is 6.92 Å². The summed E-state index contributed by atoms with van der Waals surface area (Å²) >= 11 is 0. The van der Waals surface area contributed by atoms with Crippen LogP contribution in [0.15, 0.2) is 18.5 Å². The third kappa shape index (κ3) is 3.18. The van der Waals surface area contributed by atoms with Crippen LogP contribution < -0.4 is 10.6 Å². The minimum Gasteiger partial charge on any atom is -0.480 e. The number of rotatable bonds is 5. The number of aliphatic carboxylic acids is 1. The zero-order valence-electron chi connectivity index (χ0n) is 10.3. The standard InChI is InChI=1S/C11H13N5O3/c1-7-4-8-11(12-2-3-16(8)15-7)14-5-9(17)13-6-10(18)19/h2-4H,5-6H2,1H3,(H,12,14)(H,13,17)(H,18,19). The van der Waals surface area contributed by atoms with E-state index in [0.717, 1.165) is 11.2 Å². The lowest BCUT2D eigenvalue weighted by Gasteiger charge is -2.06. The molecule has 3 N–H and O–H groups in total. The molecular formula is C11H13N5O3. The Morgan fingerprint density at radius 3 is 2.95 bits per heavy atom. The van der Waals surface area contributed by atoms with Gasteiger partial charge >= 0.3 is 5.97 Å². The molecule has 2 heterocycles. The summed E-state index contributed by atoms with van der Waals surface area (Å²) in [4.78, 5) is 25.8. The van der Waals surface area contributed by atoms with Gasteiger partial charge < -0.3 is 15.7 Å². The Hall–Kier alpha value is -2.64. The van der Waals surface area contributed by atoms with E-state index in [2.05, 4.69) is 20.7 Å². The number of hydrogen-bond donors (Lipinski definition) is 3. The second-order valence-electron chi connectivity index (χ2n) is 3.92. The normalized spacial score (nSPS) is 10.4. The molecule has 0 saturated carbocycles. The second kappa shape index (κ2) is 5.34. The smallest absolute Gasteiger partial charge is 0.322 e. The fourth-order valence-corrected chi connectivity index (χ4v) is 1.58. The molecule has 2 rings (SSSR count). The van der Waals surface area contributed by atoms with E-state index in [-0.39, 0.29) is 6.54 Å². The number of anilines is 1. The van der Waals surface area contributed by atoms with Crippen LogP contribution >= 0.6 is 0 Å². The minimum atomic E-state index is -1.08. The summed E-state index contributed by atoms with van der Waals surface area (Å²) in [5.41, 5.74) is 1.59. The monoisotopic (exact) mass is 263 g/mol. The average Bonchev–Trinajstić information content (AvgIpc) is 2.74. The summed E-state index contributed by atoms with van der Waals surface area (Å²) in [5.74, 6) is -0.976. The fourth-order valence-electron chi connectivity index (χ4n) is 1.58. The van der Waals surface area contributed by atoms with Crippen LogP contribution in [0.3, 0.4) is 0 Å². The van der Waals surface area contributed by atoms with Gasteiger partial charge in [0, 0.05) is 12.4 Å². The molecule has 0 atom stereocenters. The highest BCUT2D eigenvalue weighted by Crippen LogP contribution is 2.13. The molecule has 8 heteroatoms. The molecule has 2 aromatic heterocycles. The molecule has 19 heavy (non-hydrogen) atoms. The Morgan fingerprint density at radius 2 is 2.21 bits per heavy atom. The van der Waals surface area contributed by atoms with Crippen molar-refractivity contribution in [2.75, 3.05) is 18.4 Å². The fraction of sp³-hybridized carbons (Fsp3) is 0.273. The molecule has 0 fully saturated rings. The Balaban J connectivity index is 2.01. The number of carboxylic acid groups (broad SMARTS) is 1. The third-order valence-corrected chi connectivity index (χ3v) is 2.37. The van der Waals surface area contributed by atoms with Crippen LogP contribution in [0.1, 0.15) is 5.69 Å². The van der Waals surface area contributed by atoms with Crippen molar-refractivity contribution in [3.05, 3.63) is 24.2 Å². The number of hydrogen-bond acceptors (Lipinski definition) is 5. The maximum absolute atomic E-state index is 11.4. The van der Waals surface area contributed by atoms with Gasteiger partial charge in [-0.25, -0.2) is 9.50 Å². The van der Waals surface area contributed by atoms with Gasteiger partial charge in [0.25, 0.3) is 0 Å². The van der Waals surface area contributed by atoms with Crippen LogP contribution in [-0.4, -0.2) is 44.7 Å². The van der Waals surface area contributed by atoms with Gasteiger partial charge in [-0.05, 0) is 13.0 Å². The van der Waals surface area contributed by atoms with Gasteiger partial charge in [-0.15, -0.1) is 0 Å². The van der Waals surface area contributed by atoms with Crippen LogP contribution in [0.4, 0.5) is 5.82 Å². The molecule has 0 radical (unpaired) electrons. The summed E-state index contributed by atoms with van der Waals surface area (Å²) in [7, 11) is 0. The van der Waals surface area contributed by atoms with Crippen LogP contribution in [0.25, 0.3) is 5.52 Å². The first-order valence-corrected chi connectivity index (χ1v) is 5.59. The molecule has 0 spiro atoms. The molecule has 2 aromatic rings. The number of amides is 1. The molecule has 0 aliphatic heterocycles. The van der Waals surface area contributed by atoms with Gasteiger partial charge in [0.1, 0.15) is 12.1 Å². The van der Waals surface area contributed by atoms with Gasteiger partial charge in [0.2, 0.25) is 5.91 Å². The maximum Gasteiger partial charge on any atom is 0.322 e. The topological polar surface area (TPSA) is 109 Å². The Labute approximate surface area is 108 Å². The molecule has 1 amide bonds.